The largest absolute Gasteiger partial charge is 0.497 e. The Morgan fingerprint density at radius 2 is 1.76 bits per heavy atom. The highest BCUT2D eigenvalue weighted by atomic mass is 32.2. The van der Waals surface area contributed by atoms with E-state index in [2.05, 4.69) is 9.97 Å². The molecule has 0 saturated carbocycles. The van der Waals surface area contributed by atoms with Crippen LogP contribution in [0.1, 0.15) is 23.6 Å². The first-order valence-electron chi connectivity index (χ1n) is 10.3. The van der Waals surface area contributed by atoms with Gasteiger partial charge in [0.1, 0.15) is 5.75 Å². The van der Waals surface area contributed by atoms with Crippen LogP contribution in [0.3, 0.4) is 0 Å². The molecule has 0 fully saturated rings. The Labute approximate surface area is 196 Å². The second-order valence-electron chi connectivity index (χ2n) is 7.14. The van der Waals surface area contributed by atoms with Gasteiger partial charge in [-0.2, -0.15) is 5.10 Å². The van der Waals surface area contributed by atoms with E-state index in [1.54, 1.807) is 39.8 Å². The van der Waals surface area contributed by atoms with Gasteiger partial charge in [-0.25, -0.2) is 15.0 Å². The molecule has 0 bridgehead atoms. The van der Waals surface area contributed by atoms with E-state index >= 15 is 0 Å². The van der Waals surface area contributed by atoms with E-state index in [0.29, 0.717) is 23.1 Å². The topological polar surface area (TPSA) is 86.1 Å². The molecule has 2 heterocycles. The zero-order chi connectivity index (χ0) is 23.2. The number of ether oxygens (including phenoxy) is 3. The average Bonchev–Trinajstić information content (AvgIpc) is 3.32. The van der Waals surface area contributed by atoms with Crippen LogP contribution in [0.15, 0.2) is 71.2 Å². The number of rotatable bonds is 8. The summed E-state index contributed by atoms with van der Waals surface area (Å²) in [5.74, 6) is 1.97. The summed E-state index contributed by atoms with van der Waals surface area (Å²) in [6, 6.07) is 14.7. The number of para-hydroxylation sites is 1. The summed E-state index contributed by atoms with van der Waals surface area (Å²) < 4.78 is 16.4. The number of nitrogens with zero attached hydrogens (tertiary/aromatic N) is 4. The van der Waals surface area contributed by atoms with Crippen molar-refractivity contribution >= 4 is 23.4 Å². The van der Waals surface area contributed by atoms with Crippen LogP contribution in [0.4, 0.5) is 0 Å². The van der Waals surface area contributed by atoms with Gasteiger partial charge in [-0.05, 0) is 42.0 Å². The van der Waals surface area contributed by atoms with Crippen molar-refractivity contribution in [3.63, 3.8) is 0 Å². The highest BCUT2D eigenvalue weighted by Crippen LogP contribution is 2.42. The number of methoxy groups -OCH3 is 3. The van der Waals surface area contributed by atoms with Gasteiger partial charge in [-0.1, -0.05) is 23.9 Å². The van der Waals surface area contributed by atoms with Crippen LogP contribution in [0.2, 0.25) is 0 Å². The highest BCUT2D eigenvalue weighted by molar-refractivity contribution is 7.99. The fourth-order valence-electron chi connectivity index (χ4n) is 3.67. The van der Waals surface area contributed by atoms with E-state index < -0.39 is 0 Å². The van der Waals surface area contributed by atoms with Crippen molar-refractivity contribution in [1.82, 2.24) is 15.0 Å². The maximum atomic E-state index is 13.3. The van der Waals surface area contributed by atoms with Crippen molar-refractivity contribution in [2.75, 3.05) is 27.1 Å². The fourth-order valence-corrected chi connectivity index (χ4v) is 4.32. The van der Waals surface area contributed by atoms with Crippen LogP contribution in [0.25, 0.3) is 0 Å². The molecule has 0 unspecified atom stereocenters. The van der Waals surface area contributed by atoms with Crippen LogP contribution in [-0.4, -0.2) is 53.7 Å². The Morgan fingerprint density at radius 3 is 2.42 bits per heavy atom. The van der Waals surface area contributed by atoms with Gasteiger partial charge < -0.3 is 14.2 Å². The molecule has 1 aliphatic heterocycles. The van der Waals surface area contributed by atoms with Crippen LogP contribution in [0, 0.1) is 0 Å². The number of thioether (sulfide) groups is 1. The molecule has 4 rings (SSSR count). The quantitative estimate of drug-likeness (QED) is 0.368. The summed E-state index contributed by atoms with van der Waals surface area (Å²) >= 11 is 1.28. The minimum absolute atomic E-state index is 0.147. The average molecular weight is 465 g/mol. The lowest BCUT2D eigenvalue weighted by Crippen LogP contribution is -2.29. The monoisotopic (exact) mass is 464 g/mol. The van der Waals surface area contributed by atoms with E-state index in [1.165, 1.54) is 16.8 Å². The number of carbonyl (C=O) groups excluding carboxylic acids is 1. The molecule has 1 amide bonds. The molecule has 33 heavy (non-hydrogen) atoms. The Hall–Kier alpha value is -3.59. The minimum Gasteiger partial charge on any atom is -0.497 e. The predicted molar refractivity (Wildman–Crippen MR) is 126 cm³/mol. The molecule has 170 valence electrons. The first-order chi connectivity index (χ1) is 16.1. The summed E-state index contributed by atoms with van der Waals surface area (Å²) in [6.07, 6.45) is 3.84. The Balaban J connectivity index is 1.66. The molecular weight excluding hydrogens is 440 g/mol. The van der Waals surface area contributed by atoms with E-state index in [1.807, 2.05) is 42.5 Å². The van der Waals surface area contributed by atoms with Gasteiger partial charge in [0.05, 0.1) is 38.8 Å². The first kappa shape index (κ1) is 22.6. The highest BCUT2D eigenvalue weighted by Gasteiger charge is 2.35. The SMILES string of the molecule is COc1ccc(C2=NN(C(=O)CSc3ncccn3)[C@H](c3cccc(OC)c3OC)C2)cc1. The zero-order valence-corrected chi connectivity index (χ0v) is 19.4. The molecule has 0 aliphatic carbocycles. The molecule has 0 spiro atoms. The van der Waals surface area contributed by atoms with Crippen LogP contribution in [0.5, 0.6) is 17.2 Å². The summed E-state index contributed by atoms with van der Waals surface area (Å²) in [6.45, 7) is 0. The molecule has 2 aromatic carbocycles. The van der Waals surface area contributed by atoms with Gasteiger partial charge in [0.15, 0.2) is 16.7 Å². The van der Waals surface area contributed by atoms with Crippen LogP contribution in [-0.2, 0) is 4.79 Å². The lowest BCUT2D eigenvalue weighted by Gasteiger charge is -2.24. The summed E-state index contributed by atoms with van der Waals surface area (Å²) in [5, 5.41) is 6.80. The Kier molecular flexibility index (Phi) is 7.09. The number of amides is 1. The standard InChI is InChI=1S/C24H24N4O4S/c1-30-17-10-8-16(9-11-17)19-14-20(18-6-4-7-21(31-2)23(18)32-3)28(27-19)22(29)15-33-24-25-12-5-13-26-24/h4-13,20H,14-15H2,1-3H3/t20-/m0/s1. The number of carbonyl (C=O) groups is 1. The van der Waals surface area contributed by atoms with Crippen molar-refractivity contribution in [1.29, 1.82) is 0 Å². The second kappa shape index (κ2) is 10.4. The number of aromatic nitrogens is 2. The third-order valence-electron chi connectivity index (χ3n) is 5.25. The predicted octanol–water partition coefficient (Wildman–Crippen LogP) is 3.97. The maximum absolute atomic E-state index is 13.3. The molecule has 0 saturated heterocycles. The van der Waals surface area contributed by atoms with E-state index in [0.717, 1.165) is 22.6 Å². The number of hydrazone groups is 1. The summed E-state index contributed by atoms with van der Waals surface area (Å²) in [7, 11) is 4.81. The van der Waals surface area contributed by atoms with Crippen molar-refractivity contribution in [2.24, 2.45) is 5.10 Å². The Morgan fingerprint density at radius 1 is 1.00 bits per heavy atom. The molecule has 3 aromatic rings. The van der Waals surface area contributed by atoms with Crippen molar-refractivity contribution in [3.8, 4) is 17.2 Å². The van der Waals surface area contributed by atoms with Gasteiger partial charge in [0.2, 0.25) is 0 Å². The Bertz CT molecular complexity index is 1140. The molecule has 1 atom stereocenters. The van der Waals surface area contributed by atoms with E-state index in [4.69, 9.17) is 19.3 Å². The van der Waals surface area contributed by atoms with Crippen LogP contribution < -0.4 is 14.2 Å². The van der Waals surface area contributed by atoms with E-state index in [9.17, 15) is 4.79 Å². The lowest BCUT2D eigenvalue weighted by molar-refractivity contribution is -0.130. The second-order valence-corrected chi connectivity index (χ2v) is 8.08. The molecule has 0 radical (unpaired) electrons. The van der Waals surface area contributed by atoms with Gasteiger partial charge in [0.25, 0.3) is 5.91 Å². The smallest absolute Gasteiger partial charge is 0.253 e. The van der Waals surface area contributed by atoms with Crippen molar-refractivity contribution in [2.45, 2.75) is 17.6 Å². The van der Waals surface area contributed by atoms with Crippen molar-refractivity contribution in [3.05, 3.63) is 72.1 Å². The third kappa shape index (κ3) is 4.93. The lowest BCUT2D eigenvalue weighted by atomic mass is 9.97. The van der Waals surface area contributed by atoms with Gasteiger partial charge in [0, 0.05) is 24.4 Å². The van der Waals surface area contributed by atoms with Gasteiger partial charge >= 0.3 is 0 Å². The number of benzene rings is 2. The van der Waals surface area contributed by atoms with Crippen molar-refractivity contribution < 1.29 is 19.0 Å². The number of hydrogen-bond acceptors (Lipinski definition) is 8. The molecule has 1 aliphatic rings. The number of hydrogen-bond donors (Lipinski definition) is 0. The van der Waals surface area contributed by atoms with Crippen LogP contribution >= 0.6 is 11.8 Å². The third-order valence-corrected chi connectivity index (χ3v) is 6.11. The van der Waals surface area contributed by atoms with E-state index in [-0.39, 0.29) is 17.7 Å². The molecule has 1 aromatic heterocycles. The maximum Gasteiger partial charge on any atom is 0.253 e. The van der Waals surface area contributed by atoms with Gasteiger partial charge in [-0.3, -0.25) is 4.79 Å². The first-order valence-corrected chi connectivity index (χ1v) is 11.3. The minimum atomic E-state index is -0.336. The zero-order valence-electron chi connectivity index (χ0n) is 18.6. The molecular formula is C24H24N4O4S. The molecule has 8 nitrogen and oxygen atoms in total. The molecule has 0 N–H and O–H groups in total. The summed E-state index contributed by atoms with van der Waals surface area (Å²) in [4.78, 5) is 21.6. The normalized spacial score (nSPS) is 15.2. The summed E-state index contributed by atoms with van der Waals surface area (Å²) in [5.41, 5.74) is 2.57. The fraction of sp³-hybridized carbons (Fsp3) is 0.250. The van der Waals surface area contributed by atoms with Gasteiger partial charge in [-0.15, -0.1) is 0 Å². The molecule has 9 heteroatoms.